The number of hydrogen-bond donors (Lipinski definition) is 2. The topological polar surface area (TPSA) is 68.0 Å². The van der Waals surface area contributed by atoms with Gasteiger partial charge in [-0.15, -0.1) is 0 Å². The van der Waals surface area contributed by atoms with Gasteiger partial charge in [-0.05, 0) is 25.5 Å². The van der Waals surface area contributed by atoms with Crippen molar-refractivity contribution in [1.29, 1.82) is 0 Å². The zero-order valence-electron chi connectivity index (χ0n) is 11.1. The molecule has 3 N–H and O–H groups in total. The molecule has 2 rings (SSSR count). The molecule has 4 nitrogen and oxygen atoms in total. The minimum absolute atomic E-state index is 0.0688. The van der Waals surface area contributed by atoms with Gasteiger partial charge < -0.3 is 11.1 Å². The van der Waals surface area contributed by atoms with Gasteiger partial charge in [0.25, 0.3) is 5.91 Å². The molecule has 1 aromatic carbocycles. The molecule has 0 fully saturated rings. The Hall–Kier alpha value is -2.36. The smallest absolute Gasteiger partial charge is 0.253 e. The van der Waals surface area contributed by atoms with Gasteiger partial charge in [0.15, 0.2) is 0 Å². The first-order chi connectivity index (χ1) is 9.08. The normalized spacial score (nSPS) is 11.9. The lowest BCUT2D eigenvalue weighted by Gasteiger charge is -2.15. The van der Waals surface area contributed by atoms with Gasteiger partial charge in [-0.1, -0.05) is 29.8 Å². The summed E-state index contributed by atoms with van der Waals surface area (Å²) in [6, 6.07) is 9.62. The van der Waals surface area contributed by atoms with Crippen LogP contribution in [0.15, 0.2) is 42.7 Å². The van der Waals surface area contributed by atoms with Crippen molar-refractivity contribution in [1.82, 2.24) is 10.3 Å². The lowest BCUT2D eigenvalue weighted by molar-refractivity contribution is 0.0940. The first kappa shape index (κ1) is 13.1. The molecule has 1 amide bonds. The minimum atomic E-state index is -0.187. The standard InChI is InChI=1S/C15H17N3O/c1-10-3-5-12(6-4-10)11(2)18-15(19)13-7-8-17-9-14(13)16/h3-9,11H,16H2,1-2H3,(H,18,19). The maximum atomic E-state index is 12.1. The lowest BCUT2D eigenvalue weighted by atomic mass is 10.1. The van der Waals surface area contributed by atoms with Crippen molar-refractivity contribution in [3.05, 3.63) is 59.4 Å². The first-order valence-electron chi connectivity index (χ1n) is 6.15. The van der Waals surface area contributed by atoms with Crippen LogP contribution in [0.25, 0.3) is 0 Å². The number of rotatable bonds is 3. The maximum Gasteiger partial charge on any atom is 0.253 e. The Morgan fingerprint density at radius 3 is 2.58 bits per heavy atom. The van der Waals surface area contributed by atoms with E-state index in [4.69, 9.17) is 5.73 Å². The van der Waals surface area contributed by atoms with E-state index in [9.17, 15) is 4.79 Å². The van der Waals surface area contributed by atoms with E-state index in [1.54, 1.807) is 12.3 Å². The second kappa shape index (κ2) is 5.52. The number of nitrogens with one attached hydrogen (secondary N) is 1. The summed E-state index contributed by atoms with van der Waals surface area (Å²) in [5.41, 5.74) is 8.83. The zero-order chi connectivity index (χ0) is 13.8. The van der Waals surface area contributed by atoms with Crippen LogP contribution >= 0.6 is 0 Å². The summed E-state index contributed by atoms with van der Waals surface area (Å²) in [6.07, 6.45) is 3.03. The summed E-state index contributed by atoms with van der Waals surface area (Å²) >= 11 is 0. The number of nitrogens with zero attached hydrogens (tertiary/aromatic N) is 1. The predicted octanol–water partition coefficient (Wildman–Crippen LogP) is 2.46. The molecule has 1 atom stereocenters. The average molecular weight is 255 g/mol. The van der Waals surface area contributed by atoms with Crippen molar-refractivity contribution in [3.8, 4) is 0 Å². The van der Waals surface area contributed by atoms with Crippen LogP contribution in [0, 0.1) is 6.92 Å². The SMILES string of the molecule is Cc1ccc(C(C)NC(=O)c2ccncc2N)cc1. The van der Waals surface area contributed by atoms with Gasteiger partial charge in [0.05, 0.1) is 23.5 Å². The third-order valence-corrected chi connectivity index (χ3v) is 3.02. The lowest BCUT2D eigenvalue weighted by Crippen LogP contribution is -2.27. The van der Waals surface area contributed by atoms with Gasteiger partial charge in [-0.3, -0.25) is 9.78 Å². The van der Waals surface area contributed by atoms with Crippen molar-refractivity contribution in [3.63, 3.8) is 0 Å². The molecule has 0 aliphatic rings. The van der Waals surface area contributed by atoms with E-state index in [0.29, 0.717) is 11.3 Å². The Labute approximate surface area is 112 Å². The molecule has 0 spiro atoms. The average Bonchev–Trinajstić information content (AvgIpc) is 2.39. The van der Waals surface area contributed by atoms with Gasteiger partial charge in [0, 0.05) is 6.20 Å². The maximum absolute atomic E-state index is 12.1. The largest absolute Gasteiger partial charge is 0.397 e. The number of carbonyl (C=O) groups is 1. The van der Waals surface area contributed by atoms with Crippen molar-refractivity contribution < 1.29 is 4.79 Å². The van der Waals surface area contributed by atoms with Crippen LogP contribution in [0.4, 0.5) is 5.69 Å². The molecule has 0 bridgehead atoms. The quantitative estimate of drug-likeness (QED) is 0.885. The summed E-state index contributed by atoms with van der Waals surface area (Å²) in [6.45, 7) is 3.98. The summed E-state index contributed by atoms with van der Waals surface area (Å²) in [7, 11) is 0. The number of anilines is 1. The highest BCUT2D eigenvalue weighted by atomic mass is 16.1. The Kier molecular flexibility index (Phi) is 3.80. The Morgan fingerprint density at radius 1 is 1.26 bits per heavy atom. The number of carbonyl (C=O) groups excluding carboxylic acids is 1. The third-order valence-electron chi connectivity index (χ3n) is 3.02. The number of amides is 1. The highest BCUT2D eigenvalue weighted by Crippen LogP contribution is 2.15. The van der Waals surface area contributed by atoms with E-state index in [1.165, 1.54) is 11.8 Å². The van der Waals surface area contributed by atoms with Gasteiger partial charge in [0.2, 0.25) is 0 Å². The molecule has 19 heavy (non-hydrogen) atoms. The van der Waals surface area contributed by atoms with Crippen LogP contribution in [-0.4, -0.2) is 10.9 Å². The third kappa shape index (κ3) is 3.10. The Morgan fingerprint density at radius 2 is 1.95 bits per heavy atom. The van der Waals surface area contributed by atoms with Crippen LogP contribution in [0.2, 0.25) is 0 Å². The summed E-state index contributed by atoms with van der Waals surface area (Å²) in [5, 5.41) is 2.93. The molecule has 4 heteroatoms. The summed E-state index contributed by atoms with van der Waals surface area (Å²) in [4.78, 5) is 16.0. The number of nitrogen functional groups attached to an aromatic ring is 1. The molecule has 98 valence electrons. The molecule has 0 aliphatic heterocycles. The summed E-state index contributed by atoms with van der Waals surface area (Å²) < 4.78 is 0. The first-order valence-corrected chi connectivity index (χ1v) is 6.15. The van der Waals surface area contributed by atoms with Crippen molar-refractivity contribution in [2.45, 2.75) is 19.9 Å². The Balaban J connectivity index is 2.11. The van der Waals surface area contributed by atoms with E-state index in [-0.39, 0.29) is 11.9 Å². The molecular weight excluding hydrogens is 238 g/mol. The van der Waals surface area contributed by atoms with Crippen LogP contribution in [0.1, 0.15) is 34.5 Å². The number of pyridine rings is 1. The van der Waals surface area contributed by atoms with E-state index >= 15 is 0 Å². The van der Waals surface area contributed by atoms with E-state index in [0.717, 1.165) is 5.56 Å². The molecule has 0 aliphatic carbocycles. The molecule has 1 unspecified atom stereocenters. The molecule has 1 aromatic heterocycles. The minimum Gasteiger partial charge on any atom is -0.397 e. The van der Waals surface area contributed by atoms with Crippen molar-refractivity contribution >= 4 is 11.6 Å². The van der Waals surface area contributed by atoms with Crippen molar-refractivity contribution in [2.75, 3.05) is 5.73 Å². The van der Waals surface area contributed by atoms with Crippen LogP contribution < -0.4 is 11.1 Å². The number of aromatic nitrogens is 1. The second-order valence-corrected chi connectivity index (χ2v) is 4.57. The van der Waals surface area contributed by atoms with Gasteiger partial charge in [0.1, 0.15) is 0 Å². The summed E-state index contributed by atoms with van der Waals surface area (Å²) in [5.74, 6) is -0.187. The van der Waals surface area contributed by atoms with Crippen LogP contribution in [0.3, 0.4) is 0 Å². The fourth-order valence-electron chi connectivity index (χ4n) is 1.83. The van der Waals surface area contributed by atoms with Crippen molar-refractivity contribution in [2.24, 2.45) is 0 Å². The molecule has 0 saturated carbocycles. The molecular formula is C15H17N3O. The van der Waals surface area contributed by atoms with Gasteiger partial charge in [-0.2, -0.15) is 0 Å². The molecule has 0 saturated heterocycles. The van der Waals surface area contributed by atoms with Crippen LogP contribution in [0.5, 0.6) is 0 Å². The number of benzene rings is 1. The Bertz CT molecular complexity index is 578. The van der Waals surface area contributed by atoms with E-state index < -0.39 is 0 Å². The van der Waals surface area contributed by atoms with Gasteiger partial charge in [-0.25, -0.2) is 0 Å². The molecule has 0 radical (unpaired) electrons. The monoisotopic (exact) mass is 255 g/mol. The van der Waals surface area contributed by atoms with Gasteiger partial charge >= 0.3 is 0 Å². The second-order valence-electron chi connectivity index (χ2n) is 4.57. The van der Waals surface area contributed by atoms with Crippen LogP contribution in [-0.2, 0) is 0 Å². The predicted molar refractivity (Wildman–Crippen MR) is 75.7 cm³/mol. The fraction of sp³-hybridized carbons (Fsp3) is 0.200. The molecule has 2 aromatic rings. The number of hydrogen-bond acceptors (Lipinski definition) is 3. The highest BCUT2D eigenvalue weighted by Gasteiger charge is 2.13. The zero-order valence-corrected chi connectivity index (χ0v) is 11.1. The number of aryl methyl sites for hydroxylation is 1. The number of nitrogens with two attached hydrogens (primary N) is 1. The van der Waals surface area contributed by atoms with E-state index in [1.807, 2.05) is 38.1 Å². The van der Waals surface area contributed by atoms with E-state index in [2.05, 4.69) is 10.3 Å². The highest BCUT2D eigenvalue weighted by molar-refractivity contribution is 5.99. The fourth-order valence-corrected chi connectivity index (χ4v) is 1.83. The molecule has 1 heterocycles.